The van der Waals surface area contributed by atoms with Crippen LogP contribution >= 0.6 is 0 Å². The molecule has 168 valence electrons. The Morgan fingerprint density at radius 3 is 1.97 bits per heavy atom. The highest BCUT2D eigenvalue weighted by atomic mass is 16.5. The Bertz CT molecular complexity index is 814. The van der Waals surface area contributed by atoms with E-state index in [1.54, 1.807) is 31.4 Å². The molecule has 0 unspecified atom stereocenters. The summed E-state index contributed by atoms with van der Waals surface area (Å²) in [5, 5.41) is 3.03. The number of amides is 3. The summed E-state index contributed by atoms with van der Waals surface area (Å²) in [6.07, 6.45) is 6.64. The predicted molar refractivity (Wildman–Crippen MR) is 116 cm³/mol. The zero-order valence-corrected chi connectivity index (χ0v) is 18.6. The maximum absolute atomic E-state index is 13.3. The van der Waals surface area contributed by atoms with Crippen molar-refractivity contribution < 1.29 is 19.1 Å². The molecule has 4 saturated carbocycles. The van der Waals surface area contributed by atoms with Gasteiger partial charge in [0.25, 0.3) is 11.8 Å². The van der Waals surface area contributed by atoms with E-state index >= 15 is 0 Å². The lowest BCUT2D eigenvalue weighted by molar-refractivity contribution is -0.149. The Morgan fingerprint density at radius 1 is 0.935 bits per heavy atom. The molecule has 0 aromatic heterocycles. The van der Waals surface area contributed by atoms with E-state index in [0.717, 1.165) is 19.3 Å². The van der Waals surface area contributed by atoms with Gasteiger partial charge in [-0.1, -0.05) is 13.8 Å². The molecule has 5 rings (SSSR count). The van der Waals surface area contributed by atoms with Gasteiger partial charge >= 0.3 is 0 Å². The molecule has 4 aliphatic carbocycles. The summed E-state index contributed by atoms with van der Waals surface area (Å²) in [6, 6.07) is 5.90. The van der Waals surface area contributed by atoms with Crippen LogP contribution < -0.4 is 20.9 Å². The highest BCUT2D eigenvalue weighted by Gasteiger charge is 2.55. The quantitative estimate of drug-likeness (QED) is 0.608. The molecule has 4 bridgehead atoms. The molecule has 7 nitrogen and oxygen atoms in total. The van der Waals surface area contributed by atoms with Gasteiger partial charge in [-0.2, -0.15) is 0 Å². The summed E-state index contributed by atoms with van der Waals surface area (Å²) in [5.41, 5.74) is 5.03. The summed E-state index contributed by atoms with van der Waals surface area (Å²) >= 11 is 0. The molecule has 31 heavy (non-hydrogen) atoms. The molecule has 1 atom stereocenters. The van der Waals surface area contributed by atoms with Gasteiger partial charge in [0.2, 0.25) is 5.91 Å². The fourth-order valence-corrected chi connectivity index (χ4v) is 6.23. The van der Waals surface area contributed by atoms with Gasteiger partial charge in [-0.3, -0.25) is 25.2 Å². The Kier molecular flexibility index (Phi) is 5.95. The van der Waals surface area contributed by atoms with Gasteiger partial charge in [-0.15, -0.1) is 0 Å². The van der Waals surface area contributed by atoms with Crippen LogP contribution in [0.4, 0.5) is 0 Å². The van der Waals surface area contributed by atoms with Crippen LogP contribution in [0.2, 0.25) is 0 Å². The molecule has 0 spiro atoms. The first-order valence-corrected chi connectivity index (χ1v) is 11.3. The van der Waals surface area contributed by atoms with Crippen molar-refractivity contribution in [1.29, 1.82) is 0 Å². The van der Waals surface area contributed by atoms with Gasteiger partial charge < -0.3 is 10.1 Å². The van der Waals surface area contributed by atoms with Gasteiger partial charge in [0.05, 0.1) is 7.11 Å². The van der Waals surface area contributed by atoms with E-state index < -0.39 is 17.9 Å². The zero-order chi connectivity index (χ0) is 22.2. The number of hydrogen-bond donors (Lipinski definition) is 3. The summed E-state index contributed by atoms with van der Waals surface area (Å²) in [4.78, 5) is 38.5. The third kappa shape index (κ3) is 4.41. The minimum absolute atomic E-state index is 0.0157. The molecule has 0 heterocycles. The van der Waals surface area contributed by atoms with E-state index in [-0.39, 0.29) is 17.2 Å². The number of carbonyl (C=O) groups is 3. The number of benzene rings is 1. The third-order valence-corrected chi connectivity index (χ3v) is 7.41. The van der Waals surface area contributed by atoms with E-state index in [1.807, 2.05) is 13.8 Å². The second-order valence-electron chi connectivity index (χ2n) is 10.1. The van der Waals surface area contributed by atoms with E-state index in [4.69, 9.17) is 4.74 Å². The van der Waals surface area contributed by atoms with E-state index in [0.29, 0.717) is 29.1 Å². The number of nitrogens with one attached hydrogen (secondary N) is 3. The smallest absolute Gasteiger partial charge is 0.269 e. The highest BCUT2D eigenvalue weighted by Crippen LogP contribution is 2.60. The van der Waals surface area contributed by atoms with Crippen molar-refractivity contribution in [2.45, 2.75) is 58.4 Å². The molecular formula is C24H33N3O4. The summed E-state index contributed by atoms with van der Waals surface area (Å²) in [7, 11) is 1.55. The number of hydrogen-bond acceptors (Lipinski definition) is 4. The highest BCUT2D eigenvalue weighted by molar-refractivity contribution is 5.96. The summed E-state index contributed by atoms with van der Waals surface area (Å²) in [5.74, 6) is 1.71. The lowest BCUT2D eigenvalue weighted by Crippen LogP contribution is -2.59. The van der Waals surface area contributed by atoms with Gasteiger partial charge in [-0.25, -0.2) is 0 Å². The van der Waals surface area contributed by atoms with Gasteiger partial charge in [0.15, 0.2) is 0 Å². The van der Waals surface area contributed by atoms with Gasteiger partial charge in [0, 0.05) is 11.0 Å². The molecule has 3 amide bonds. The second-order valence-corrected chi connectivity index (χ2v) is 10.1. The van der Waals surface area contributed by atoms with Crippen LogP contribution in [0.25, 0.3) is 0 Å². The first-order chi connectivity index (χ1) is 14.8. The van der Waals surface area contributed by atoms with Crippen molar-refractivity contribution in [3.63, 3.8) is 0 Å². The van der Waals surface area contributed by atoms with Crippen LogP contribution in [-0.2, 0) is 9.59 Å². The minimum atomic E-state index is -0.698. The average molecular weight is 428 g/mol. The molecule has 1 aromatic rings. The molecule has 3 N–H and O–H groups in total. The molecule has 1 aromatic carbocycles. The van der Waals surface area contributed by atoms with Gasteiger partial charge in [0.1, 0.15) is 11.8 Å². The fourth-order valence-electron chi connectivity index (χ4n) is 6.23. The Morgan fingerprint density at radius 2 is 1.48 bits per heavy atom. The number of ether oxygens (including phenoxy) is 1. The number of carbonyl (C=O) groups excluding carboxylic acids is 3. The largest absolute Gasteiger partial charge is 0.497 e. The SMILES string of the molecule is COc1ccc(C(=O)NNC(=O)[C@H](NC(=O)C23CC4CC(CC(C4)C2)C3)C(C)C)cc1. The monoisotopic (exact) mass is 427 g/mol. The van der Waals surface area contributed by atoms with Crippen LogP contribution in [0.1, 0.15) is 62.7 Å². The Labute approximate surface area is 183 Å². The fraction of sp³-hybridized carbons (Fsp3) is 0.625. The van der Waals surface area contributed by atoms with Crippen LogP contribution in [0.5, 0.6) is 5.75 Å². The van der Waals surface area contributed by atoms with Crippen molar-refractivity contribution in [2.24, 2.45) is 29.1 Å². The maximum Gasteiger partial charge on any atom is 0.269 e. The van der Waals surface area contributed by atoms with E-state index in [9.17, 15) is 14.4 Å². The topological polar surface area (TPSA) is 96.5 Å². The van der Waals surface area contributed by atoms with Crippen molar-refractivity contribution in [1.82, 2.24) is 16.2 Å². The third-order valence-electron chi connectivity index (χ3n) is 7.41. The number of hydrazine groups is 1. The van der Waals surface area contributed by atoms with Crippen LogP contribution in [0.3, 0.4) is 0 Å². The molecule has 0 saturated heterocycles. The van der Waals surface area contributed by atoms with E-state index in [2.05, 4.69) is 16.2 Å². The zero-order valence-electron chi connectivity index (χ0n) is 18.6. The normalized spacial score (nSPS) is 29.4. The standard InChI is InChI=1S/C24H33N3O4/c1-14(2)20(22(29)27-26-21(28)18-4-6-19(31-3)7-5-18)25-23(30)24-11-15-8-16(12-24)10-17(9-15)13-24/h4-7,14-17,20H,8-13H2,1-3H3,(H,25,30)(H,26,28)(H,27,29)/t15?,16?,17?,20-,24?/m1/s1. The predicted octanol–water partition coefficient (Wildman–Crippen LogP) is 2.81. The lowest BCUT2D eigenvalue weighted by Gasteiger charge is -2.55. The molecule has 4 fully saturated rings. The van der Waals surface area contributed by atoms with Crippen molar-refractivity contribution in [2.75, 3.05) is 7.11 Å². The maximum atomic E-state index is 13.3. The molecule has 7 heteroatoms. The first-order valence-electron chi connectivity index (χ1n) is 11.3. The number of methoxy groups -OCH3 is 1. The molecule has 0 aliphatic heterocycles. The summed E-state index contributed by atoms with van der Waals surface area (Å²) < 4.78 is 5.09. The minimum Gasteiger partial charge on any atom is -0.497 e. The molecule has 4 aliphatic rings. The van der Waals surface area contributed by atoms with E-state index in [1.165, 1.54) is 19.3 Å². The average Bonchev–Trinajstić information content (AvgIpc) is 2.74. The first kappa shape index (κ1) is 21.7. The van der Waals surface area contributed by atoms with Crippen LogP contribution in [0, 0.1) is 29.1 Å². The van der Waals surface area contributed by atoms with Crippen LogP contribution in [0.15, 0.2) is 24.3 Å². The molecular weight excluding hydrogens is 394 g/mol. The second kappa shape index (κ2) is 8.52. The summed E-state index contributed by atoms with van der Waals surface area (Å²) in [6.45, 7) is 3.80. The molecule has 0 radical (unpaired) electrons. The lowest BCUT2D eigenvalue weighted by atomic mass is 9.49. The Balaban J connectivity index is 1.36. The Hall–Kier alpha value is -2.57. The van der Waals surface area contributed by atoms with Crippen molar-refractivity contribution >= 4 is 17.7 Å². The van der Waals surface area contributed by atoms with Crippen molar-refractivity contribution in [3.8, 4) is 5.75 Å². The number of rotatable bonds is 6. The van der Waals surface area contributed by atoms with Gasteiger partial charge in [-0.05, 0) is 86.5 Å². The van der Waals surface area contributed by atoms with Crippen LogP contribution in [-0.4, -0.2) is 30.9 Å². The van der Waals surface area contributed by atoms with Crippen molar-refractivity contribution in [3.05, 3.63) is 29.8 Å².